The molecule has 0 unspecified atom stereocenters. The minimum Gasteiger partial charge on any atom is -0.481 e. The molecule has 1 aromatic carbocycles. The highest BCUT2D eigenvalue weighted by Gasteiger charge is 2.18. The fourth-order valence-corrected chi connectivity index (χ4v) is 4.28. The predicted octanol–water partition coefficient (Wildman–Crippen LogP) is 4.68. The third-order valence-corrected chi connectivity index (χ3v) is 6.34. The van der Waals surface area contributed by atoms with Gasteiger partial charge in [0.05, 0.1) is 30.7 Å². The molecule has 1 saturated heterocycles. The van der Waals surface area contributed by atoms with Gasteiger partial charge in [-0.3, -0.25) is 9.67 Å². The lowest BCUT2D eigenvalue weighted by molar-refractivity contribution is 0.201. The number of halogens is 1. The van der Waals surface area contributed by atoms with Crippen LogP contribution in [0.15, 0.2) is 49.1 Å². The van der Waals surface area contributed by atoms with Gasteiger partial charge in [-0.25, -0.2) is 9.97 Å². The van der Waals surface area contributed by atoms with Crippen LogP contribution in [0.2, 0.25) is 5.02 Å². The average Bonchev–Trinajstić information content (AvgIpc) is 3.31. The van der Waals surface area contributed by atoms with E-state index >= 15 is 0 Å². The first kappa shape index (κ1) is 21.6. The summed E-state index contributed by atoms with van der Waals surface area (Å²) in [4.78, 5) is 15.8. The van der Waals surface area contributed by atoms with Crippen LogP contribution < -0.4 is 9.47 Å². The van der Waals surface area contributed by atoms with Gasteiger partial charge in [0.25, 0.3) is 0 Å². The molecule has 8 nitrogen and oxygen atoms in total. The predicted molar refractivity (Wildman–Crippen MR) is 127 cm³/mol. The largest absolute Gasteiger partial charge is 0.481 e. The lowest BCUT2D eigenvalue weighted by atomic mass is 9.97. The van der Waals surface area contributed by atoms with Crippen LogP contribution in [0.4, 0.5) is 0 Å². The molecule has 1 fully saturated rings. The third kappa shape index (κ3) is 4.77. The first-order chi connectivity index (χ1) is 16.1. The monoisotopic (exact) mass is 464 g/mol. The topological polar surface area (TPSA) is 78.2 Å². The van der Waals surface area contributed by atoms with E-state index in [0.29, 0.717) is 39.4 Å². The Bertz CT molecular complexity index is 1270. The van der Waals surface area contributed by atoms with Crippen LogP contribution in [0.5, 0.6) is 17.4 Å². The zero-order chi connectivity index (χ0) is 22.8. The number of piperidine rings is 1. The van der Waals surface area contributed by atoms with Gasteiger partial charge in [0, 0.05) is 30.6 Å². The lowest BCUT2D eigenvalue weighted by Gasteiger charge is -2.28. The molecule has 9 heteroatoms. The summed E-state index contributed by atoms with van der Waals surface area (Å²) in [7, 11) is 3.73. The van der Waals surface area contributed by atoms with Crippen LogP contribution in [-0.2, 0) is 6.54 Å². The quantitative estimate of drug-likeness (QED) is 0.409. The third-order valence-electron chi connectivity index (χ3n) is 5.97. The van der Waals surface area contributed by atoms with Crippen molar-refractivity contribution in [3.63, 3.8) is 0 Å². The molecule has 1 aliphatic heterocycles. The van der Waals surface area contributed by atoms with Crippen molar-refractivity contribution in [2.45, 2.75) is 19.4 Å². The standard InChI is InChI=1S/C24H25ClN6O2/c1-30-9-6-16(7-10-30)14-31-15-17(12-28-31)20-13-27-19-3-4-21(23(25)24(19)29-20)33-18-5-8-26-22(11-18)32-2/h3-5,8,11-13,15-16H,6-7,9-10,14H2,1-2H3. The number of pyridine rings is 1. The zero-order valence-electron chi connectivity index (χ0n) is 18.6. The van der Waals surface area contributed by atoms with E-state index in [2.05, 4.69) is 27.0 Å². The number of likely N-dealkylation sites (tertiary alicyclic amines) is 1. The van der Waals surface area contributed by atoms with E-state index in [1.165, 1.54) is 12.8 Å². The minimum absolute atomic E-state index is 0.399. The number of methoxy groups -OCH3 is 1. The molecule has 0 radical (unpaired) electrons. The Morgan fingerprint density at radius 3 is 2.79 bits per heavy atom. The maximum Gasteiger partial charge on any atom is 0.216 e. The lowest BCUT2D eigenvalue weighted by Crippen LogP contribution is -2.31. The number of aromatic nitrogens is 5. The Kier molecular flexibility index (Phi) is 6.11. The molecule has 0 bridgehead atoms. The molecule has 4 heterocycles. The molecule has 0 aliphatic carbocycles. The van der Waals surface area contributed by atoms with Crippen molar-refractivity contribution in [2.24, 2.45) is 5.92 Å². The van der Waals surface area contributed by atoms with E-state index in [1.54, 1.807) is 37.7 Å². The first-order valence-corrected chi connectivity index (χ1v) is 11.3. The molecule has 33 heavy (non-hydrogen) atoms. The highest BCUT2D eigenvalue weighted by Crippen LogP contribution is 2.35. The molecule has 0 saturated carbocycles. The summed E-state index contributed by atoms with van der Waals surface area (Å²) in [6.45, 7) is 3.21. The van der Waals surface area contributed by atoms with E-state index in [9.17, 15) is 0 Å². The fraction of sp³-hybridized carbons (Fsp3) is 0.333. The van der Waals surface area contributed by atoms with Gasteiger partial charge in [-0.1, -0.05) is 11.6 Å². The summed E-state index contributed by atoms with van der Waals surface area (Å²) in [5.74, 6) is 2.17. The van der Waals surface area contributed by atoms with Crippen molar-refractivity contribution >= 4 is 22.6 Å². The van der Waals surface area contributed by atoms with Gasteiger partial charge in [-0.05, 0) is 57.1 Å². The van der Waals surface area contributed by atoms with Crippen molar-refractivity contribution in [3.05, 3.63) is 54.1 Å². The Hall–Kier alpha value is -3.23. The number of fused-ring (bicyclic) bond motifs is 1. The second-order valence-electron chi connectivity index (χ2n) is 8.33. The number of ether oxygens (including phenoxy) is 2. The minimum atomic E-state index is 0.399. The number of rotatable bonds is 6. The average molecular weight is 465 g/mol. The Balaban J connectivity index is 1.38. The number of hydrogen-bond donors (Lipinski definition) is 0. The smallest absolute Gasteiger partial charge is 0.216 e. The molecule has 1 aliphatic rings. The van der Waals surface area contributed by atoms with Gasteiger partial charge >= 0.3 is 0 Å². The van der Waals surface area contributed by atoms with Crippen molar-refractivity contribution < 1.29 is 9.47 Å². The van der Waals surface area contributed by atoms with Crippen molar-refractivity contribution in [1.82, 2.24) is 29.6 Å². The van der Waals surface area contributed by atoms with Gasteiger partial charge in [0.1, 0.15) is 22.0 Å². The van der Waals surface area contributed by atoms with Crippen LogP contribution in [0, 0.1) is 5.92 Å². The van der Waals surface area contributed by atoms with Crippen molar-refractivity contribution in [1.29, 1.82) is 0 Å². The van der Waals surface area contributed by atoms with E-state index in [-0.39, 0.29) is 0 Å². The fourth-order valence-electron chi connectivity index (χ4n) is 4.04. The SMILES string of the molecule is COc1cc(Oc2ccc3ncc(-c4cnn(CC5CCN(C)CC5)c4)nc3c2Cl)ccn1. The van der Waals surface area contributed by atoms with Crippen LogP contribution in [-0.4, -0.2) is 56.9 Å². The van der Waals surface area contributed by atoms with Gasteiger partial charge in [0.15, 0.2) is 0 Å². The highest BCUT2D eigenvalue weighted by atomic mass is 35.5. The molecule has 4 aromatic rings. The van der Waals surface area contributed by atoms with Gasteiger partial charge in [0.2, 0.25) is 5.88 Å². The molecule has 5 rings (SSSR count). The first-order valence-electron chi connectivity index (χ1n) is 10.9. The maximum absolute atomic E-state index is 6.67. The van der Waals surface area contributed by atoms with E-state index < -0.39 is 0 Å². The number of benzene rings is 1. The molecular weight excluding hydrogens is 440 g/mol. The number of nitrogens with zero attached hydrogens (tertiary/aromatic N) is 6. The number of hydrogen-bond acceptors (Lipinski definition) is 7. The maximum atomic E-state index is 6.67. The summed E-state index contributed by atoms with van der Waals surface area (Å²) in [6.07, 6.45) is 9.63. The molecule has 0 amide bonds. The molecule has 3 aromatic heterocycles. The van der Waals surface area contributed by atoms with Crippen molar-refractivity contribution in [3.8, 4) is 28.6 Å². The summed E-state index contributed by atoms with van der Waals surface area (Å²) in [5, 5.41) is 4.96. The van der Waals surface area contributed by atoms with Crippen molar-refractivity contribution in [2.75, 3.05) is 27.2 Å². The summed E-state index contributed by atoms with van der Waals surface area (Å²) in [5.41, 5.74) is 2.92. The van der Waals surface area contributed by atoms with E-state index in [0.717, 1.165) is 30.9 Å². The summed E-state index contributed by atoms with van der Waals surface area (Å²) in [6, 6.07) is 7.06. The second kappa shape index (κ2) is 9.33. The molecule has 170 valence electrons. The second-order valence-corrected chi connectivity index (χ2v) is 8.71. The van der Waals surface area contributed by atoms with Gasteiger partial charge in [-0.2, -0.15) is 5.10 Å². The van der Waals surface area contributed by atoms with Gasteiger partial charge in [-0.15, -0.1) is 0 Å². The zero-order valence-corrected chi connectivity index (χ0v) is 19.4. The van der Waals surface area contributed by atoms with E-state index in [4.69, 9.17) is 26.1 Å². The summed E-state index contributed by atoms with van der Waals surface area (Å²) >= 11 is 6.67. The Morgan fingerprint density at radius 2 is 1.97 bits per heavy atom. The molecule has 0 atom stereocenters. The summed E-state index contributed by atoms with van der Waals surface area (Å²) < 4.78 is 13.1. The van der Waals surface area contributed by atoms with Crippen LogP contribution in [0.25, 0.3) is 22.3 Å². The molecule has 0 spiro atoms. The van der Waals surface area contributed by atoms with Crippen LogP contribution in [0.3, 0.4) is 0 Å². The van der Waals surface area contributed by atoms with Crippen LogP contribution in [0.1, 0.15) is 12.8 Å². The van der Waals surface area contributed by atoms with Crippen LogP contribution >= 0.6 is 11.6 Å². The molecule has 0 N–H and O–H groups in total. The Labute approximate surface area is 197 Å². The Morgan fingerprint density at radius 1 is 1.12 bits per heavy atom. The molecular formula is C24H25ClN6O2. The normalized spacial score (nSPS) is 15.1. The van der Waals surface area contributed by atoms with E-state index in [1.807, 2.05) is 23.1 Å². The van der Waals surface area contributed by atoms with Gasteiger partial charge < -0.3 is 14.4 Å². The highest BCUT2D eigenvalue weighted by molar-refractivity contribution is 6.36.